The summed E-state index contributed by atoms with van der Waals surface area (Å²) in [5, 5.41) is 8.85. The van der Waals surface area contributed by atoms with Crippen molar-refractivity contribution in [2.45, 2.75) is 6.54 Å². The van der Waals surface area contributed by atoms with Gasteiger partial charge in [0.1, 0.15) is 6.26 Å². The summed E-state index contributed by atoms with van der Waals surface area (Å²) in [5.74, 6) is -0.593. The molecule has 3 rings (SSSR count). The number of aromatic nitrogens is 1. The maximum Gasteiger partial charge on any atom is 0.357 e. The number of carbonyl (C=O) groups is 1. The lowest BCUT2D eigenvalue weighted by molar-refractivity contribution is 0.0690. The second-order valence-electron chi connectivity index (χ2n) is 5.82. The van der Waals surface area contributed by atoms with Crippen molar-refractivity contribution in [1.29, 1.82) is 0 Å². The molecular weight excluding hydrogens is 306 g/mol. The highest BCUT2D eigenvalue weighted by molar-refractivity contribution is 5.84. The molecule has 0 aliphatic carbocycles. The van der Waals surface area contributed by atoms with E-state index < -0.39 is 5.97 Å². The van der Waals surface area contributed by atoms with Gasteiger partial charge < -0.3 is 9.52 Å². The van der Waals surface area contributed by atoms with Crippen LogP contribution in [0.4, 0.5) is 0 Å². The molecule has 1 aromatic heterocycles. The molecule has 1 aliphatic rings. The molecule has 1 aromatic carbocycles. The fourth-order valence-corrected chi connectivity index (χ4v) is 2.71. The maximum absolute atomic E-state index is 10.8. The highest BCUT2D eigenvalue weighted by Crippen LogP contribution is 2.09. The first-order valence-electron chi connectivity index (χ1n) is 8.05. The third-order valence-electron chi connectivity index (χ3n) is 4.07. The zero-order valence-corrected chi connectivity index (χ0v) is 13.5. The summed E-state index contributed by atoms with van der Waals surface area (Å²) >= 11 is 0. The van der Waals surface area contributed by atoms with Crippen molar-refractivity contribution in [2.75, 3.05) is 32.7 Å². The Kier molecular flexibility index (Phi) is 5.40. The van der Waals surface area contributed by atoms with Gasteiger partial charge >= 0.3 is 5.97 Å². The Labute approximate surface area is 141 Å². The molecule has 1 aliphatic heterocycles. The second kappa shape index (κ2) is 7.90. The molecule has 2 heterocycles. The molecule has 0 saturated carbocycles. The third-order valence-corrected chi connectivity index (χ3v) is 4.07. The van der Waals surface area contributed by atoms with Gasteiger partial charge in [0.25, 0.3) is 0 Å². The van der Waals surface area contributed by atoms with Gasteiger partial charge in [0.15, 0.2) is 5.69 Å². The number of nitrogens with zero attached hydrogens (tertiary/aromatic N) is 3. The summed E-state index contributed by atoms with van der Waals surface area (Å²) in [6, 6.07) is 10.3. The maximum atomic E-state index is 10.8. The average molecular weight is 327 g/mol. The Morgan fingerprint density at radius 1 is 1.17 bits per heavy atom. The summed E-state index contributed by atoms with van der Waals surface area (Å²) in [6.45, 7) is 5.29. The summed E-state index contributed by atoms with van der Waals surface area (Å²) < 4.78 is 5.21. The number of hydrogen-bond donors (Lipinski definition) is 1. The Balaban J connectivity index is 1.42. The Morgan fingerprint density at radius 3 is 2.54 bits per heavy atom. The molecular formula is C18H21N3O3. The molecule has 1 N–H and O–H groups in total. The SMILES string of the molecule is O=C(O)c1coc(CN2CCN(CC=Cc3ccccc3)CC2)n1. The van der Waals surface area contributed by atoms with Gasteiger partial charge in [-0.1, -0.05) is 42.5 Å². The van der Waals surface area contributed by atoms with Crippen LogP contribution >= 0.6 is 0 Å². The van der Waals surface area contributed by atoms with Crippen LogP contribution in [0.15, 0.2) is 47.1 Å². The molecule has 6 heteroatoms. The molecule has 0 atom stereocenters. The highest BCUT2D eigenvalue weighted by atomic mass is 16.4. The summed E-state index contributed by atoms with van der Waals surface area (Å²) in [6.07, 6.45) is 5.53. The number of oxazole rings is 1. The average Bonchev–Trinajstić information content (AvgIpc) is 3.06. The molecule has 0 spiro atoms. The van der Waals surface area contributed by atoms with Gasteiger partial charge in [-0.15, -0.1) is 0 Å². The van der Waals surface area contributed by atoms with Gasteiger partial charge in [0, 0.05) is 32.7 Å². The first-order valence-corrected chi connectivity index (χ1v) is 8.05. The van der Waals surface area contributed by atoms with Crippen LogP contribution in [-0.2, 0) is 6.54 Å². The van der Waals surface area contributed by atoms with E-state index in [1.807, 2.05) is 18.2 Å². The van der Waals surface area contributed by atoms with Crippen LogP contribution in [0.25, 0.3) is 6.08 Å². The number of carboxylic acids is 1. The van der Waals surface area contributed by atoms with Crippen molar-refractivity contribution in [1.82, 2.24) is 14.8 Å². The minimum Gasteiger partial charge on any atom is -0.476 e. The van der Waals surface area contributed by atoms with Crippen LogP contribution in [-0.4, -0.2) is 58.6 Å². The van der Waals surface area contributed by atoms with Crippen molar-refractivity contribution in [3.63, 3.8) is 0 Å². The van der Waals surface area contributed by atoms with E-state index in [9.17, 15) is 4.79 Å². The van der Waals surface area contributed by atoms with Gasteiger partial charge in [0.2, 0.25) is 5.89 Å². The second-order valence-corrected chi connectivity index (χ2v) is 5.82. The van der Waals surface area contributed by atoms with Crippen LogP contribution in [0.5, 0.6) is 0 Å². The molecule has 1 saturated heterocycles. The smallest absolute Gasteiger partial charge is 0.357 e. The minimum atomic E-state index is -1.06. The molecule has 2 aromatic rings. The highest BCUT2D eigenvalue weighted by Gasteiger charge is 2.18. The number of piperazine rings is 1. The predicted molar refractivity (Wildman–Crippen MR) is 90.7 cm³/mol. The zero-order valence-electron chi connectivity index (χ0n) is 13.5. The fourth-order valence-electron chi connectivity index (χ4n) is 2.71. The van der Waals surface area contributed by atoms with E-state index in [0.717, 1.165) is 32.7 Å². The Bertz CT molecular complexity index is 689. The quantitative estimate of drug-likeness (QED) is 0.877. The minimum absolute atomic E-state index is 0.0327. The Hall–Kier alpha value is -2.44. The van der Waals surface area contributed by atoms with Gasteiger partial charge in [-0.2, -0.15) is 0 Å². The first-order chi connectivity index (χ1) is 11.7. The van der Waals surface area contributed by atoms with Gasteiger partial charge in [-0.05, 0) is 5.56 Å². The first kappa shape index (κ1) is 16.4. The lowest BCUT2D eigenvalue weighted by Gasteiger charge is -2.33. The van der Waals surface area contributed by atoms with Crippen LogP contribution < -0.4 is 0 Å². The van der Waals surface area contributed by atoms with Crippen LogP contribution in [0, 0.1) is 0 Å². The lowest BCUT2D eigenvalue weighted by Crippen LogP contribution is -2.45. The van der Waals surface area contributed by atoms with Crippen molar-refractivity contribution >= 4 is 12.0 Å². The van der Waals surface area contributed by atoms with E-state index >= 15 is 0 Å². The van der Waals surface area contributed by atoms with Crippen molar-refractivity contribution in [3.05, 3.63) is 59.8 Å². The largest absolute Gasteiger partial charge is 0.476 e. The summed E-state index contributed by atoms with van der Waals surface area (Å²) in [5.41, 5.74) is 1.18. The predicted octanol–water partition coefficient (Wildman–Crippen LogP) is 2.20. The van der Waals surface area contributed by atoms with Crippen LogP contribution in [0.3, 0.4) is 0 Å². The number of carboxylic acid groups (broad SMARTS) is 1. The van der Waals surface area contributed by atoms with Crippen molar-refractivity contribution in [3.8, 4) is 0 Å². The van der Waals surface area contributed by atoms with E-state index in [1.165, 1.54) is 11.8 Å². The molecule has 0 unspecified atom stereocenters. The normalized spacial score (nSPS) is 16.7. The van der Waals surface area contributed by atoms with E-state index in [0.29, 0.717) is 12.4 Å². The van der Waals surface area contributed by atoms with Gasteiger partial charge in [0.05, 0.1) is 6.54 Å². The number of rotatable bonds is 6. The monoisotopic (exact) mass is 327 g/mol. The third kappa shape index (κ3) is 4.53. The van der Waals surface area contributed by atoms with E-state index in [-0.39, 0.29) is 5.69 Å². The number of hydrogen-bond acceptors (Lipinski definition) is 5. The molecule has 24 heavy (non-hydrogen) atoms. The standard InChI is InChI=1S/C18H21N3O3/c22-18(23)16-14-24-17(19-16)13-21-11-9-20(10-12-21)8-4-7-15-5-2-1-3-6-15/h1-7,14H,8-13H2,(H,22,23). The van der Waals surface area contributed by atoms with Gasteiger partial charge in [-0.25, -0.2) is 9.78 Å². The van der Waals surface area contributed by atoms with E-state index in [1.54, 1.807) is 0 Å². The van der Waals surface area contributed by atoms with Crippen molar-refractivity contribution < 1.29 is 14.3 Å². The Morgan fingerprint density at radius 2 is 1.88 bits per heavy atom. The zero-order chi connectivity index (χ0) is 16.8. The van der Waals surface area contributed by atoms with E-state index in [2.05, 4.69) is 39.1 Å². The molecule has 6 nitrogen and oxygen atoms in total. The van der Waals surface area contributed by atoms with Gasteiger partial charge in [-0.3, -0.25) is 9.80 Å². The number of benzene rings is 1. The lowest BCUT2D eigenvalue weighted by atomic mass is 10.2. The topological polar surface area (TPSA) is 69.8 Å². The fraction of sp³-hybridized carbons (Fsp3) is 0.333. The molecule has 0 bridgehead atoms. The summed E-state index contributed by atoms with van der Waals surface area (Å²) in [4.78, 5) is 19.4. The molecule has 1 fully saturated rings. The van der Waals surface area contributed by atoms with Crippen LogP contribution in [0.2, 0.25) is 0 Å². The molecule has 0 radical (unpaired) electrons. The van der Waals surface area contributed by atoms with E-state index in [4.69, 9.17) is 9.52 Å². The van der Waals surface area contributed by atoms with Crippen molar-refractivity contribution in [2.24, 2.45) is 0 Å². The van der Waals surface area contributed by atoms with Crippen LogP contribution in [0.1, 0.15) is 21.9 Å². The molecule has 0 amide bonds. The number of aromatic carboxylic acids is 1. The summed E-state index contributed by atoms with van der Waals surface area (Å²) in [7, 11) is 0. The molecule has 126 valence electrons.